The van der Waals surface area contributed by atoms with Gasteiger partial charge in [-0.1, -0.05) is 6.07 Å². The lowest BCUT2D eigenvalue weighted by Gasteiger charge is -2.22. The summed E-state index contributed by atoms with van der Waals surface area (Å²) < 4.78 is 0. The topological polar surface area (TPSA) is 96.5 Å². The minimum atomic E-state index is -0.417. The lowest BCUT2D eigenvalue weighted by molar-refractivity contribution is -0.383. The molecule has 1 aromatic rings. The monoisotopic (exact) mass is 279 g/mol. The van der Waals surface area contributed by atoms with Crippen LogP contribution in [0.1, 0.15) is 19.8 Å². The van der Waals surface area contributed by atoms with E-state index in [1.165, 1.54) is 12.8 Å². The minimum absolute atomic E-state index is 0.0109. The summed E-state index contributed by atoms with van der Waals surface area (Å²) in [7, 11) is 0. The molecule has 7 heteroatoms. The van der Waals surface area contributed by atoms with E-state index < -0.39 is 4.92 Å². The highest BCUT2D eigenvalue weighted by molar-refractivity contribution is 5.76. The summed E-state index contributed by atoms with van der Waals surface area (Å²) in [6.07, 6.45) is 2.47. The van der Waals surface area contributed by atoms with Crippen LogP contribution in [0.15, 0.2) is 18.2 Å². The standard InChI is InChI=1S/C13H21N5O2/c1-10(9-17-7-2-3-8-17)15-11-5-4-6-12(16-14)13(11)18(19)20/h4-6,10,15-16H,2-3,7-9,14H2,1H3. The summed E-state index contributed by atoms with van der Waals surface area (Å²) in [5, 5.41) is 14.4. The van der Waals surface area contributed by atoms with Gasteiger partial charge in [-0.25, -0.2) is 0 Å². The third-order valence-electron chi connectivity index (χ3n) is 3.51. The van der Waals surface area contributed by atoms with Gasteiger partial charge in [0.15, 0.2) is 0 Å². The number of nitrogens with zero attached hydrogens (tertiary/aromatic N) is 2. The highest BCUT2D eigenvalue weighted by atomic mass is 16.6. The fraction of sp³-hybridized carbons (Fsp3) is 0.538. The largest absolute Gasteiger partial charge is 0.376 e. The first-order valence-corrected chi connectivity index (χ1v) is 6.84. The molecular formula is C13H21N5O2. The molecule has 0 bridgehead atoms. The van der Waals surface area contributed by atoms with Crippen LogP contribution in [0, 0.1) is 10.1 Å². The van der Waals surface area contributed by atoms with Crippen molar-refractivity contribution in [3.63, 3.8) is 0 Å². The van der Waals surface area contributed by atoms with E-state index in [0.717, 1.165) is 19.6 Å². The number of nitro groups is 1. The number of para-hydroxylation sites is 1. The number of hydrogen-bond acceptors (Lipinski definition) is 6. The number of rotatable bonds is 6. The molecule has 1 aromatic carbocycles. The number of benzene rings is 1. The highest BCUT2D eigenvalue weighted by Crippen LogP contribution is 2.32. The first-order chi connectivity index (χ1) is 9.61. The summed E-state index contributed by atoms with van der Waals surface area (Å²) in [6, 6.07) is 5.18. The number of nitro benzene ring substituents is 1. The van der Waals surface area contributed by atoms with Crippen LogP contribution in [0.3, 0.4) is 0 Å². The summed E-state index contributed by atoms with van der Waals surface area (Å²) in [4.78, 5) is 13.1. The Balaban J connectivity index is 2.09. The number of anilines is 2. The molecule has 0 aliphatic carbocycles. The van der Waals surface area contributed by atoms with Crippen LogP contribution in [0.2, 0.25) is 0 Å². The Hall–Kier alpha value is -1.86. The molecule has 0 saturated carbocycles. The smallest absolute Gasteiger partial charge is 0.316 e. The molecule has 1 saturated heterocycles. The molecule has 20 heavy (non-hydrogen) atoms. The average molecular weight is 279 g/mol. The Kier molecular flexibility index (Phi) is 4.75. The normalized spacial score (nSPS) is 16.9. The molecule has 110 valence electrons. The van der Waals surface area contributed by atoms with E-state index in [0.29, 0.717) is 11.4 Å². The van der Waals surface area contributed by atoms with E-state index in [9.17, 15) is 10.1 Å². The van der Waals surface area contributed by atoms with Crippen molar-refractivity contribution in [3.8, 4) is 0 Å². The first-order valence-electron chi connectivity index (χ1n) is 6.84. The minimum Gasteiger partial charge on any atom is -0.376 e. The number of nitrogens with one attached hydrogen (secondary N) is 2. The third kappa shape index (κ3) is 3.37. The van der Waals surface area contributed by atoms with Gasteiger partial charge in [0, 0.05) is 12.6 Å². The molecule has 1 aliphatic rings. The van der Waals surface area contributed by atoms with Crippen molar-refractivity contribution in [1.82, 2.24) is 4.90 Å². The maximum Gasteiger partial charge on any atom is 0.316 e. The van der Waals surface area contributed by atoms with Crippen LogP contribution < -0.4 is 16.6 Å². The van der Waals surface area contributed by atoms with Crippen molar-refractivity contribution in [1.29, 1.82) is 0 Å². The van der Waals surface area contributed by atoms with E-state index in [4.69, 9.17) is 5.84 Å². The van der Waals surface area contributed by atoms with Gasteiger partial charge >= 0.3 is 5.69 Å². The van der Waals surface area contributed by atoms with Gasteiger partial charge in [-0.3, -0.25) is 16.0 Å². The fourth-order valence-corrected chi connectivity index (χ4v) is 2.64. The highest BCUT2D eigenvalue weighted by Gasteiger charge is 2.21. The van der Waals surface area contributed by atoms with Gasteiger partial charge in [0.25, 0.3) is 0 Å². The molecule has 2 rings (SSSR count). The Bertz CT molecular complexity index is 474. The SMILES string of the molecule is CC(CN1CCCC1)Nc1cccc(NN)c1[N+](=O)[O-]. The lowest BCUT2D eigenvalue weighted by atomic mass is 10.2. The summed E-state index contributed by atoms with van der Waals surface area (Å²) in [6.45, 7) is 5.14. The summed E-state index contributed by atoms with van der Waals surface area (Å²) in [5.41, 5.74) is 3.17. The second kappa shape index (κ2) is 6.53. The second-order valence-electron chi connectivity index (χ2n) is 5.16. The molecule has 0 spiro atoms. The van der Waals surface area contributed by atoms with Gasteiger partial charge in [0.2, 0.25) is 0 Å². The molecule has 1 atom stereocenters. The van der Waals surface area contributed by atoms with E-state index in [-0.39, 0.29) is 11.7 Å². The molecule has 0 amide bonds. The molecule has 1 heterocycles. The molecule has 1 fully saturated rings. The molecule has 1 unspecified atom stereocenters. The van der Waals surface area contributed by atoms with E-state index >= 15 is 0 Å². The fourth-order valence-electron chi connectivity index (χ4n) is 2.64. The number of nitrogen functional groups attached to an aromatic ring is 1. The molecule has 0 radical (unpaired) electrons. The van der Waals surface area contributed by atoms with Crippen molar-refractivity contribution < 1.29 is 4.92 Å². The predicted molar refractivity (Wildman–Crippen MR) is 79.7 cm³/mol. The van der Waals surface area contributed by atoms with Gasteiger partial charge in [-0.15, -0.1) is 0 Å². The van der Waals surface area contributed by atoms with Crippen LogP contribution >= 0.6 is 0 Å². The zero-order valence-electron chi connectivity index (χ0n) is 11.6. The summed E-state index contributed by atoms with van der Waals surface area (Å²) in [5.74, 6) is 5.33. The van der Waals surface area contributed by atoms with Crippen molar-refractivity contribution in [3.05, 3.63) is 28.3 Å². The third-order valence-corrected chi connectivity index (χ3v) is 3.51. The van der Waals surface area contributed by atoms with Gasteiger partial charge in [0.1, 0.15) is 11.4 Å². The van der Waals surface area contributed by atoms with Crippen molar-refractivity contribution >= 4 is 17.1 Å². The van der Waals surface area contributed by atoms with Gasteiger partial charge < -0.3 is 15.6 Å². The summed E-state index contributed by atoms with van der Waals surface area (Å²) >= 11 is 0. The van der Waals surface area contributed by atoms with Crippen LogP contribution in [-0.4, -0.2) is 35.5 Å². The van der Waals surface area contributed by atoms with Crippen LogP contribution in [-0.2, 0) is 0 Å². The molecule has 1 aliphatic heterocycles. The van der Waals surface area contributed by atoms with E-state index in [1.807, 2.05) is 6.92 Å². The first kappa shape index (κ1) is 14.5. The van der Waals surface area contributed by atoms with Crippen LogP contribution in [0.5, 0.6) is 0 Å². The quantitative estimate of drug-likeness (QED) is 0.417. The van der Waals surface area contributed by atoms with Gasteiger partial charge in [-0.05, 0) is 45.0 Å². The van der Waals surface area contributed by atoms with Crippen LogP contribution in [0.25, 0.3) is 0 Å². The van der Waals surface area contributed by atoms with Gasteiger partial charge in [0.05, 0.1) is 4.92 Å². The number of likely N-dealkylation sites (tertiary alicyclic amines) is 1. The Morgan fingerprint density at radius 2 is 2.05 bits per heavy atom. The van der Waals surface area contributed by atoms with Crippen LogP contribution in [0.4, 0.5) is 17.1 Å². The molecule has 0 aromatic heterocycles. The van der Waals surface area contributed by atoms with Gasteiger partial charge in [-0.2, -0.15) is 0 Å². The maximum atomic E-state index is 11.2. The predicted octanol–water partition coefficient (Wildman–Crippen LogP) is 1.78. The molecular weight excluding hydrogens is 258 g/mol. The molecule has 4 N–H and O–H groups in total. The second-order valence-corrected chi connectivity index (χ2v) is 5.16. The zero-order valence-corrected chi connectivity index (χ0v) is 11.6. The number of hydrazine groups is 1. The van der Waals surface area contributed by atoms with E-state index in [1.54, 1.807) is 18.2 Å². The van der Waals surface area contributed by atoms with Crippen molar-refractivity contribution in [2.45, 2.75) is 25.8 Å². The Labute approximate surface area is 118 Å². The van der Waals surface area contributed by atoms with Crippen molar-refractivity contribution in [2.24, 2.45) is 5.84 Å². The Morgan fingerprint density at radius 1 is 1.40 bits per heavy atom. The average Bonchev–Trinajstić information content (AvgIpc) is 2.90. The zero-order chi connectivity index (χ0) is 14.5. The van der Waals surface area contributed by atoms with E-state index in [2.05, 4.69) is 15.6 Å². The number of nitrogens with two attached hydrogens (primary N) is 1. The van der Waals surface area contributed by atoms with Crippen molar-refractivity contribution in [2.75, 3.05) is 30.4 Å². The molecule has 7 nitrogen and oxygen atoms in total. The maximum absolute atomic E-state index is 11.2. The number of hydrogen-bond donors (Lipinski definition) is 3. The Morgan fingerprint density at radius 3 is 2.65 bits per heavy atom. The lowest BCUT2D eigenvalue weighted by Crippen LogP contribution is -2.33.